The molecule has 2 spiro atoms. The quantitative estimate of drug-likeness (QED) is 0.129. The molecule has 282 valence electrons. The van der Waals surface area contributed by atoms with Crippen LogP contribution in [-0.2, 0) is 10.8 Å². The Morgan fingerprint density at radius 2 is 0.881 bits per heavy atom. The number of nitrogens with zero attached hydrogens (tertiary/aromatic N) is 4. The van der Waals surface area contributed by atoms with Crippen molar-refractivity contribution >= 4 is 68.9 Å². The summed E-state index contributed by atoms with van der Waals surface area (Å²) in [5.74, 6) is -0.319. The molecule has 0 bridgehead atoms. The first-order valence-electron chi connectivity index (χ1n) is 20.2. The Morgan fingerprint density at radius 3 is 1.25 bits per heavy atom. The van der Waals surface area contributed by atoms with E-state index in [1.54, 1.807) is 34.8 Å². The number of rotatable bonds is 2. The zero-order chi connectivity index (χ0) is 40.2. The van der Waals surface area contributed by atoms with E-state index < -0.39 is 0 Å². The van der Waals surface area contributed by atoms with Crippen molar-refractivity contribution in [3.05, 3.63) is 137 Å². The van der Waals surface area contributed by atoms with E-state index >= 15 is 0 Å². The highest BCUT2D eigenvalue weighted by molar-refractivity contribution is 7.27. The number of carbonyl (C=O) groups is 2. The summed E-state index contributed by atoms with van der Waals surface area (Å²) in [4.78, 5) is 35.0. The first kappa shape index (κ1) is 35.9. The molecule has 3 aromatic heterocycles. The fourth-order valence-corrected chi connectivity index (χ4v) is 15.5. The number of ketones is 2. The molecule has 5 aromatic rings. The average molecular weight is 817 g/mol. The smallest absolute Gasteiger partial charge is 0.194 e. The Morgan fingerprint density at radius 1 is 0.508 bits per heavy atom. The molecule has 0 N–H and O–H groups in total. The Kier molecular flexibility index (Phi) is 8.01. The molecular formula is C50H32N4O2S3. The normalized spacial score (nSPS) is 19.8. The Bertz CT molecular complexity index is 2860. The Balaban J connectivity index is 1.09. The number of allylic oxidation sites excluding steroid dienone is 6. The molecule has 11 rings (SSSR count). The number of carbonyl (C=O) groups excluding carboxylic acids is 2. The van der Waals surface area contributed by atoms with Crippen LogP contribution in [0, 0.1) is 45.3 Å². The van der Waals surface area contributed by atoms with Crippen molar-refractivity contribution in [1.82, 2.24) is 0 Å². The van der Waals surface area contributed by atoms with Crippen molar-refractivity contribution in [3.8, 4) is 43.8 Å². The summed E-state index contributed by atoms with van der Waals surface area (Å²) in [5, 5.41) is 39.8. The number of nitriles is 4. The van der Waals surface area contributed by atoms with Crippen molar-refractivity contribution < 1.29 is 9.59 Å². The van der Waals surface area contributed by atoms with Crippen LogP contribution in [0.15, 0.2) is 83.0 Å². The summed E-state index contributed by atoms with van der Waals surface area (Å²) in [7, 11) is 0. The van der Waals surface area contributed by atoms with Crippen LogP contribution in [0.3, 0.4) is 0 Å². The van der Waals surface area contributed by atoms with E-state index in [9.17, 15) is 30.6 Å². The first-order valence-corrected chi connectivity index (χ1v) is 22.6. The van der Waals surface area contributed by atoms with Gasteiger partial charge in [-0.25, -0.2) is 0 Å². The number of thiophene rings is 3. The predicted molar refractivity (Wildman–Crippen MR) is 232 cm³/mol. The van der Waals surface area contributed by atoms with Gasteiger partial charge in [-0.2, -0.15) is 21.0 Å². The molecule has 59 heavy (non-hydrogen) atoms. The van der Waals surface area contributed by atoms with Gasteiger partial charge in [-0.3, -0.25) is 9.59 Å². The third-order valence-corrected chi connectivity index (χ3v) is 17.3. The fourth-order valence-electron chi connectivity index (χ4n) is 11.3. The average Bonchev–Trinajstić information content (AvgIpc) is 4.13. The molecule has 0 unspecified atom stereocenters. The standard InChI is InChI=1S/C50H32N4O2S3/c51-23-27(24-52)39-31-11-3-5-13-33(31)43(55)35(39)19-29-21-37-45(57-29)47-41(49(37)15-7-1-8-16-49)42-48(59-47)46-38(50(42)17-9-2-10-18-50)22-30(58-46)20-36-40(28(25-53)26-54)32-12-4-6-14-34(32)44(36)56/h3-6,11-14,19-22H,1-2,7-10,15-18H2/b35-19-,36-20+. The van der Waals surface area contributed by atoms with Crippen LogP contribution >= 0.6 is 34.0 Å². The third kappa shape index (κ3) is 4.79. The summed E-state index contributed by atoms with van der Waals surface area (Å²) >= 11 is 5.35. The summed E-state index contributed by atoms with van der Waals surface area (Å²) in [6, 6.07) is 27.3. The van der Waals surface area contributed by atoms with Crippen molar-refractivity contribution in [2.75, 3.05) is 0 Å². The van der Waals surface area contributed by atoms with Crippen molar-refractivity contribution in [1.29, 1.82) is 21.0 Å². The SMILES string of the molecule is N#CC(C#N)=C1/C(=C/c2cc3c(s2)-c2sc4c(c2C32CCCCC2)C2(CCCCC2)c2cc(/C=C3/C(=O)c5ccccc5C3=C(C#N)C#N)sc2-4)C(=O)c2ccccc21. The van der Waals surface area contributed by atoms with Gasteiger partial charge in [-0.15, -0.1) is 34.0 Å². The minimum atomic E-state index is -0.159. The monoisotopic (exact) mass is 816 g/mol. The summed E-state index contributed by atoms with van der Waals surface area (Å²) in [5.41, 5.74) is 9.40. The summed E-state index contributed by atoms with van der Waals surface area (Å²) < 4.78 is 0. The zero-order valence-corrected chi connectivity index (χ0v) is 34.3. The highest BCUT2D eigenvalue weighted by Crippen LogP contribution is 2.70. The van der Waals surface area contributed by atoms with Gasteiger partial charge in [-0.1, -0.05) is 87.1 Å². The highest BCUT2D eigenvalue weighted by Gasteiger charge is 2.56. The second-order valence-electron chi connectivity index (χ2n) is 16.4. The molecule has 0 saturated heterocycles. The van der Waals surface area contributed by atoms with Gasteiger partial charge in [0.25, 0.3) is 0 Å². The van der Waals surface area contributed by atoms with Gasteiger partial charge < -0.3 is 0 Å². The second kappa shape index (κ2) is 13.2. The lowest BCUT2D eigenvalue weighted by Crippen LogP contribution is -2.34. The molecular weight excluding hydrogens is 785 g/mol. The maximum Gasteiger partial charge on any atom is 0.194 e. The highest BCUT2D eigenvalue weighted by atomic mass is 32.1. The van der Waals surface area contributed by atoms with Gasteiger partial charge >= 0.3 is 0 Å². The number of benzene rings is 2. The molecule has 3 heterocycles. The molecule has 2 aromatic carbocycles. The third-order valence-electron chi connectivity index (χ3n) is 13.7. The molecule has 6 aliphatic carbocycles. The van der Waals surface area contributed by atoms with Crippen molar-refractivity contribution in [3.63, 3.8) is 0 Å². The van der Waals surface area contributed by atoms with E-state index in [1.807, 2.05) is 59.9 Å². The van der Waals surface area contributed by atoms with Crippen LogP contribution in [0.1, 0.15) is 128 Å². The van der Waals surface area contributed by atoms with Gasteiger partial charge in [-0.05, 0) is 83.3 Å². The van der Waals surface area contributed by atoms with Gasteiger partial charge in [0.2, 0.25) is 0 Å². The zero-order valence-electron chi connectivity index (χ0n) is 31.8. The minimum absolute atomic E-state index is 0.0523. The maximum atomic E-state index is 13.9. The van der Waals surface area contributed by atoms with E-state index in [0.717, 1.165) is 61.1 Å². The lowest BCUT2D eigenvalue weighted by atomic mass is 9.61. The molecule has 0 aliphatic heterocycles. The van der Waals surface area contributed by atoms with E-state index in [-0.39, 0.29) is 33.5 Å². The van der Waals surface area contributed by atoms with E-state index in [0.29, 0.717) is 44.5 Å². The van der Waals surface area contributed by atoms with Crippen molar-refractivity contribution in [2.24, 2.45) is 0 Å². The Labute approximate surface area is 353 Å². The summed E-state index contributed by atoms with van der Waals surface area (Å²) in [6.45, 7) is 0. The molecule has 6 aliphatic rings. The topological polar surface area (TPSA) is 129 Å². The van der Waals surface area contributed by atoms with Gasteiger partial charge in [0.1, 0.15) is 35.4 Å². The van der Waals surface area contributed by atoms with E-state index in [1.165, 1.54) is 54.6 Å². The number of hydrogen-bond acceptors (Lipinski definition) is 9. The fraction of sp³-hybridized carbons (Fsp3) is 0.240. The van der Waals surface area contributed by atoms with Crippen molar-refractivity contribution in [2.45, 2.75) is 75.0 Å². The molecule has 9 heteroatoms. The second-order valence-corrected chi connectivity index (χ2v) is 19.6. The largest absolute Gasteiger partial charge is 0.289 e. The molecule has 2 saturated carbocycles. The lowest BCUT2D eigenvalue weighted by Gasteiger charge is -2.41. The van der Waals surface area contributed by atoms with Crippen LogP contribution in [0.25, 0.3) is 42.8 Å². The van der Waals surface area contributed by atoms with E-state index in [2.05, 4.69) is 36.4 Å². The van der Waals surface area contributed by atoms with Crippen LogP contribution in [0.5, 0.6) is 0 Å². The van der Waals surface area contributed by atoms with Crippen LogP contribution < -0.4 is 0 Å². The maximum absolute atomic E-state index is 13.9. The number of Topliss-reactive ketones (excluding diaryl/α,β-unsaturated/α-hetero) is 2. The molecule has 0 radical (unpaired) electrons. The molecule has 6 nitrogen and oxygen atoms in total. The van der Waals surface area contributed by atoms with Gasteiger partial charge in [0.05, 0.1) is 0 Å². The molecule has 2 fully saturated rings. The van der Waals surface area contributed by atoms with E-state index in [4.69, 9.17) is 0 Å². The van der Waals surface area contributed by atoms with Crippen LogP contribution in [0.4, 0.5) is 0 Å². The Hall–Kier alpha value is -6.20. The minimum Gasteiger partial charge on any atom is -0.289 e. The predicted octanol–water partition coefficient (Wildman–Crippen LogP) is 12.5. The first-order chi connectivity index (χ1) is 28.9. The number of fused-ring (bicyclic) bond motifs is 13. The number of hydrogen-bond donors (Lipinski definition) is 0. The lowest BCUT2D eigenvalue weighted by molar-refractivity contribution is 0.103. The van der Waals surface area contributed by atoms with Crippen LogP contribution in [-0.4, -0.2) is 11.6 Å². The van der Waals surface area contributed by atoms with Gasteiger partial charge in [0.15, 0.2) is 11.6 Å². The molecule has 0 atom stereocenters. The van der Waals surface area contributed by atoms with Gasteiger partial charge in [0, 0.05) is 73.5 Å². The molecule has 0 amide bonds. The summed E-state index contributed by atoms with van der Waals surface area (Å²) in [6.07, 6.45) is 15.1. The van der Waals surface area contributed by atoms with Crippen LogP contribution in [0.2, 0.25) is 0 Å².